The van der Waals surface area contributed by atoms with Crippen LogP contribution in [0.15, 0.2) is 66.9 Å². The first kappa shape index (κ1) is 13.1. The molecule has 2 heteroatoms. The Kier molecular flexibility index (Phi) is 4.14. The molecule has 0 bridgehead atoms. The number of allylic oxidation sites excluding steroid dienone is 1. The van der Waals surface area contributed by atoms with Gasteiger partial charge in [-0.3, -0.25) is 4.79 Å². The molecule has 0 heterocycles. The molecule has 2 aromatic rings. The summed E-state index contributed by atoms with van der Waals surface area (Å²) in [4.78, 5) is 13.9. The zero-order chi connectivity index (χ0) is 13.7. The first-order valence-electron chi connectivity index (χ1n) is 6.24. The molecule has 0 saturated carbocycles. The van der Waals surface area contributed by atoms with Crippen LogP contribution in [0.1, 0.15) is 15.9 Å². The van der Waals surface area contributed by atoms with Gasteiger partial charge in [-0.1, -0.05) is 48.0 Å². The van der Waals surface area contributed by atoms with Crippen molar-refractivity contribution in [2.75, 3.05) is 11.9 Å². The predicted molar refractivity (Wildman–Crippen MR) is 79.5 cm³/mol. The van der Waals surface area contributed by atoms with Gasteiger partial charge in [-0.05, 0) is 19.1 Å². The maximum Gasteiger partial charge on any atom is 0.187 e. The van der Waals surface area contributed by atoms with E-state index in [1.165, 1.54) is 0 Å². The first-order chi connectivity index (χ1) is 9.16. The Balaban J connectivity index is 2.06. The van der Waals surface area contributed by atoms with E-state index in [0.717, 1.165) is 11.3 Å². The van der Waals surface area contributed by atoms with E-state index in [1.807, 2.05) is 73.5 Å². The van der Waals surface area contributed by atoms with E-state index in [0.29, 0.717) is 5.56 Å². The van der Waals surface area contributed by atoms with E-state index < -0.39 is 0 Å². The minimum Gasteiger partial charge on any atom is -0.351 e. The van der Waals surface area contributed by atoms with Gasteiger partial charge in [-0.2, -0.15) is 0 Å². The van der Waals surface area contributed by atoms with Crippen LogP contribution in [0.2, 0.25) is 0 Å². The number of carbonyl (C=O) groups is 1. The van der Waals surface area contributed by atoms with Crippen LogP contribution in [0, 0.1) is 6.92 Å². The number of nitrogens with zero attached hydrogens (tertiary/aromatic N) is 1. The van der Waals surface area contributed by atoms with Crippen LogP contribution in [0.3, 0.4) is 0 Å². The van der Waals surface area contributed by atoms with Crippen LogP contribution < -0.4 is 4.90 Å². The van der Waals surface area contributed by atoms with Crippen LogP contribution in [-0.2, 0) is 0 Å². The maximum absolute atomic E-state index is 12.0. The number of ketones is 1. The van der Waals surface area contributed by atoms with Gasteiger partial charge in [-0.25, -0.2) is 0 Å². The maximum atomic E-state index is 12.0. The highest BCUT2D eigenvalue weighted by Gasteiger charge is 2.01. The zero-order valence-corrected chi connectivity index (χ0v) is 11.2. The highest BCUT2D eigenvalue weighted by molar-refractivity contribution is 6.04. The van der Waals surface area contributed by atoms with Gasteiger partial charge in [0.2, 0.25) is 0 Å². The second-order valence-corrected chi connectivity index (χ2v) is 4.49. The summed E-state index contributed by atoms with van der Waals surface area (Å²) in [5.74, 6) is 0.0165. The van der Waals surface area contributed by atoms with Crippen LogP contribution in [0.25, 0.3) is 0 Å². The number of hydrogen-bond acceptors (Lipinski definition) is 2. The number of anilines is 1. The number of aryl methyl sites for hydroxylation is 1. The molecule has 96 valence electrons. The van der Waals surface area contributed by atoms with Crippen molar-refractivity contribution < 1.29 is 4.79 Å². The van der Waals surface area contributed by atoms with Gasteiger partial charge < -0.3 is 4.90 Å². The lowest BCUT2D eigenvalue weighted by molar-refractivity contribution is 0.104. The van der Waals surface area contributed by atoms with Crippen molar-refractivity contribution in [3.63, 3.8) is 0 Å². The molecule has 0 atom stereocenters. The summed E-state index contributed by atoms with van der Waals surface area (Å²) in [7, 11) is 1.92. The third kappa shape index (κ3) is 3.55. The largest absolute Gasteiger partial charge is 0.351 e. The van der Waals surface area contributed by atoms with Crippen molar-refractivity contribution in [2.45, 2.75) is 6.92 Å². The minimum atomic E-state index is 0.0165. The van der Waals surface area contributed by atoms with Crippen LogP contribution in [-0.4, -0.2) is 12.8 Å². The molecule has 0 aromatic heterocycles. The Morgan fingerprint density at radius 1 is 1.00 bits per heavy atom. The van der Waals surface area contributed by atoms with Gasteiger partial charge in [0.15, 0.2) is 5.78 Å². The summed E-state index contributed by atoms with van der Waals surface area (Å²) in [6.45, 7) is 2.01. The van der Waals surface area contributed by atoms with E-state index >= 15 is 0 Å². The molecule has 2 rings (SSSR count). The monoisotopic (exact) mass is 251 g/mol. The molecular weight excluding hydrogens is 234 g/mol. The highest BCUT2D eigenvalue weighted by atomic mass is 16.1. The Bertz CT molecular complexity index is 570. The first-order valence-corrected chi connectivity index (χ1v) is 6.24. The van der Waals surface area contributed by atoms with Crippen molar-refractivity contribution in [1.82, 2.24) is 0 Å². The summed E-state index contributed by atoms with van der Waals surface area (Å²) in [5, 5.41) is 0. The average molecular weight is 251 g/mol. The van der Waals surface area contributed by atoms with Crippen LogP contribution in [0.5, 0.6) is 0 Å². The van der Waals surface area contributed by atoms with Gasteiger partial charge in [0.25, 0.3) is 0 Å². The lowest BCUT2D eigenvalue weighted by atomic mass is 10.1. The van der Waals surface area contributed by atoms with E-state index in [4.69, 9.17) is 0 Å². The molecule has 0 unspecified atom stereocenters. The molecular formula is C17H17NO. The third-order valence-corrected chi connectivity index (χ3v) is 2.95. The Hall–Kier alpha value is -2.35. The fourth-order valence-corrected chi connectivity index (χ4v) is 1.74. The van der Waals surface area contributed by atoms with Gasteiger partial charge >= 0.3 is 0 Å². The second-order valence-electron chi connectivity index (χ2n) is 4.49. The molecule has 0 aliphatic carbocycles. The number of hydrogen-bond donors (Lipinski definition) is 0. The molecule has 0 aliphatic rings. The fourth-order valence-electron chi connectivity index (χ4n) is 1.74. The molecule has 0 aliphatic heterocycles. The van der Waals surface area contributed by atoms with Gasteiger partial charge in [0.1, 0.15) is 0 Å². The number of carbonyl (C=O) groups excluding carboxylic acids is 1. The summed E-state index contributed by atoms with van der Waals surface area (Å²) in [5.41, 5.74) is 2.92. The predicted octanol–water partition coefficient (Wildman–Crippen LogP) is 3.83. The number of rotatable bonds is 4. The standard InChI is InChI=1S/C17H17NO/c1-14-8-10-15(11-9-14)17(19)12-13-18(2)16-6-4-3-5-7-16/h3-13H,1-2H3/b13-12+. The Labute approximate surface area is 114 Å². The minimum absolute atomic E-state index is 0.0165. The smallest absolute Gasteiger partial charge is 0.187 e. The Morgan fingerprint density at radius 3 is 2.26 bits per heavy atom. The van der Waals surface area contributed by atoms with Crippen molar-refractivity contribution >= 4 is 11.5 Å². The highest BCUT2D eigenvalue weighted by Crippen LogP contribution is 2.11. The lowest BCUT2D eigenvalue weighted by Gasteiger charge is -2.13. The summed E-state index contributed by atoms with van der Waals surface area (Å²) >= 11 is 0. The normalized spacial score (nSPS) is 10.6. The van der Waals surface area contributed by atoms with Crippen molar-refractivity contribution in [3.8, 4) is 0 Å². The van der Waals surface area contributed by atoms with Crippen molar-refractivity contribution in [1.29, 1.82) is 0 Å². The van der Waals surface area contributed by atoms with Crippen LogP contribution in [0.4, 0.5) is 5.69 Å². The molecule has 19 heavy (non-hydrogen) atoms. The van der Waals surface area contributed by atoms with Crippen molar-refractivity contribution in [3.05, 3.63) is 78.0 Å². The average Bonchev–Trinajstić information content (AvgIpc) is 2.46. The van der Waals surface area contributed by atoms with E-state index in [1.54, 1.807) is 12.3 Å². The lowest BCUT2D eigenvalue weighted by Crippen LogP contribution is -2.08. The van der Waals surface area contributed by atoms with E-state index in [9.17, 15) is 4.79 Å². The molecule has 0 fully saturated rings. The summed E-state index contributed by atoms with van der Waals surface area (Å²) < 4.78 is 0. The fraction of sp³-hybridized carbons (Fsp3) is 0.118. The van der Waals surface area contributed by atoms with Crippen molar-refractivity contribution in [2.24, 2.45) is 0 Å². The SMILES string of the molecule is Cc1ccc(C(=O)/C=C/N(C)c2ccccc2)cc1. The molecule has 0 spiro atoms. The summed E-state index contributed by atoms with van der Waals surface area (Å²) in [6, 6.07) is 17.5. The molecule has 0 radical (unpaired) electrons. The number of para-hydroxylation sites is 1. The topological polar surface area (TPSA) is 20.3 Å². The molecule has 0 saturated heterocycles. The zero-order valence-electron chi connectivity index (χ0n) is 11.2. The molecule has 0 N–H and O–H groups in total. The number of benzene rings is 2. The quantitative estimate of drug-likeness (QED) is 0.608. The Morgan fingerprint density at radius 2 is 1.63 bits per heavy atom. The second kappa shape index (κ2) is 6.01. The molecule has 2 aromatic carbocycles. The van der Waals surface area contributed by atoms with Crippen LogP contribution >= 0.6 is 0 Å². The summed E-state index contributed by atoms with van der Waals surface area (Å²) in [6.07, 6.45) is 3.38. The van der Waals surface area contributed by atoms with E-state index in [-0.39, 0.29) is 5.78 Å². The van der Waals surface area contributed by atoms with Gasteiger partial charge in [0.05, 0.1) is 0 Å². The van der Waals surface area contributed by atoms with Gasteiger partial charge in [0, 0.05) is 30.6 Å². The van der Waals surface area contributed by atoms with E-state index in [2.05, 4.69) is 0 Å². The van der Waals surface area contributed by atoms with Gasteiger partial charge in [-0.15, -0.1) is 0 Å². The third-order valence-electron chi connectivity index (χ3n) is 2.95. The molecule has 2 nitrogen and oxygen atoms in total. The molecule has 0 amide bonds.